The lowest BCUT2D eigenvalue weighted by Gasteiger charge is -2.09. The third-order valence-corrected chi connectivity index (χ3v) is 3.16. The molecule has 0 unspecified atom stereocenters. The van der Waals surface area contributed by atoms with Crippen LogP contribution >= 0.6 is 0 Å². The van der Waals surface area contributed by atoms with Gasteiger partial charge in [-0.1, -0.05) is 31.2 Å². The van der Waals surface area contributed by atoms with Crippen LogP contribution in [0.2, 0.25) is 0 Å². The van der Waals surface area contributed by atoms with Crippen LogP contribution in [0.1, 0.15) is 18.1 Å². The van der Waals surface area contributed by atoms with Crippen LogP contribution in [-0.2, 0) is 13.0 Å². The maximum Gasteiger partial charge on any atom is 0.203 e. The van der Waals surface area contributed by atoms with E-state index < -0.39 is 0 Å². The van der Waals surface area contributed by atoms with E-state index in [2.05, 4.69) is 51.7 Å². The van der Waals surface area contributed by atoms with Crippen molar-refractivity contribution >= 4 is 11.5 Å². The number of nitrogens with zero attached hydrogens (tertiary/aromatic N) is 4. The third-order valence-electron chi connectivity index (χ3n) is 3.16. The maximum atomic E-state index is 4.32. The zero-order valence-electron chi connectivity index (χ0n) is 10.7. The zero-order valence-corrected chi connectivity index (χ0v) is 10.7. The Hall–Kier alpha value is -2.43. The molecule has 0 spiro atoms. The van der Waals surface area contributed by atoms with Crippen molar-refractivity contribution in [3.8, 4) is 0 Å². The SMILES string of the molecule is CCc1ccccc1CNc1nccn2cnnc12. The fourth-order valence-electron chi connectivity index (χ4n) is 2.14. The predicted octanol–water partition coefficient (Wildman–Crippen LogP) is 2.30. The smallest absolute Gasteiger partial charge is 0.203 e. The van der Waals surface area contributed by atoms with Gasteiger partial charge in [0.05, 0.1) is 0 Å². The Morgan fingerprint density at radius 1 is 1.21 bits per heavy atom. The topological polar surface area (TPSA) is 55.1 Å². The van der Waals surface area contributed by atoms with Gasteiger partial charge >= 0.3 is 0 Å². The number of nitrogens with one attached hydrogen (secondary N) is 1. The molecule has 0 atom stereocenters. The zero-order chi connectivity index (χ0) is 13.1. The van der Waals surface area contributed by atoms with Gasteiger partial charge in [-0.2, -0.15) is 0 Å². The Balaban J connectivity index is 1.84. The highest BCUT2D eigenvalue weighted by Gasteiger charge is 2.05. The second-order valence-corrected chi connectivity index (χ2v) is 4.31. The summed E-state index contributed by atoms with van der Waals surface area (Å²) in [5, 5.41) is 11.3. The van der Waals surface area contributed by atoms with Crippen LogP contribution in [0, 0.1) is 0 Å². The first kappa shape index (κ1) is 11.6. The molecule has 1 aromatic carbocycles. The molecule has 19 heavy (non-hydrogen) atoms. The van der Waals surface area contributed by atoms with Crippen molar-refractivity contribution in [2.24, 2.45) is 0 Å². The van der Waals surface area contributed by atoms with E-state index in [1.165, 1.54) is 11.1 Å². The lowest BCUT2D eigenvalue weighted by molar-refractivity contribution is 1.02. The molecule has 5 nitrogen and oxygen atoms in total. The van der Waals surface area contributed by atoms with E-state index in [1.807, 2.05) is 10.6 Å². The third kappa shape index (κ3) is 2.27. The summed E-state index contributed by atoms with van der Waals surface area (Å²) in [4.78, 5) is 4.32. The fourth-order valence-corrected chi connectivity index (χ4v) is 2.14. The van der Waals surface area contributed by atoms with Crippen molar-refractivity contribution in [1.29, 1.82) is 0 Å². The summed E-state index contributed by atoms with van der Waals surface area (Å²) in [5.74, 6) is 0.755. The highest BCUT2D eigenvalue weighted by Crippen LogP contribution is 2.14. The van der Waals surface area contributed by atoms with Crippen molar-refractivity contribution in [3.05, 3.63) is 54.1 Å². The first-order chi connectivity index (χ1) is 9.38. The van der Waals surface area contributed by atoms with Crippen LogP contribution in [-0.4, -0.2) is 19.6 Å². The number of aryl methyl sites for hydroxylation is 1. The molecule has 3 aromatic rings. The van der Waals surface area contributed by atoms with Gasteiger partial charge in [0.15, 0.2) is 5.82 Å². The molecule has 0 bridgehead atoms. The van der Waals surface area contributed by atoms with Gasteiger partial charge in [-0.25, -0.2) is 4.98 Å². The van der Waals surface area contributed by atoms with Crippen molar-refractivity contribution in [2.75, 3.05) is 5.32 Å². The van der Waals surface area contributed by atoms with Crippen LogP contribution in [0.5, 0.6) is 0 Å². The van der Waals surface area contributed by atoms with E-state index in [0.29, 0.717) is 0 Å². The summed E-state index contributed by atoms with van der Waals surface area (Å²) >= 11 is 0. The molecule has 2 heterocycles. The summed E-state index contributed by atoms with van der Waals surface area (Å²) in [6.07, 6.45) is 6.27. The molecule has 0 aliphatic carbocycles. The number of aromatic nitrogens is 4. The Morgan fingerprint density at radius 3 is 2.89 bits per heavy atom. The van der Waals surface area contributed by atoms with Crippen molar-refractivity contribution < 1.29 is 0 Å². The van der Waals surface area contributed by atoms with Gasteiger partial charge in [-0.05, 0) is 17.5 Å². The summed E-state index contributed by atoms with van der Waals surface area (Å²) in [5.41, 5.74) is 3.38. The summed E-state index contributed by atoms with van der Waals surface area (Å²) in [7, 11) is 0. The van der Waals surface area contributed by atoms with Gasteiger partial charge in [0, 0.05) is 18.9 Å². The van der Waals surface area contributed by atoms with Gasteiger partial charge in [0.25, 0.3) is 0 Å². The van der Waals surface area contributed by atoms with E-state index >= 15 is 0 Å². The summed E-state index contributed by atoms with van der Waals surface area (Å²) in [6.45, 7) is 2.90. The van der Waals surface area contributed by atoms with Gasteiger partial charge in [-0.3, -0.25) is 4.40 Å². The van der Waals surface area contributed by atoms with Crippen LogP contribution < -0.4 is 5.32 Å². The number of rotatable bonds is 4. The van der Waals surface area contributed by atoms with E-state index in [4.69, 9.17) is 0 Å². The average molecular weight is 253 g/mol. The number of benzene rings is 1. The van der Waals surface area contributed by atoms with Crippen LogP contribution in [0.15, 0.2) is 43.0 Å². The summed E-state index contributed by atoms with van der Waals surface area (Å²) < 4.78 is 1.85. The molecule has 0 aliphatic heterocycles. The number of hydrogen-bond donors (Lipinski definition) is 1. The average Bonchev–Trinajstić information content (AvgIpc) is 2.94. The minimum atomic E-state index is 0.740. The van der Waals surface area contributed by atoms with Gasteiger partial charge < -0.3 is 5.32 Å². The molecule has 0 fully saturated rings. The van der Waals surface area contributed by atoms with E-state index in [9.17, 15) is 0 Å². The second-order valence-electron chi connectivity index (χ2n) is 4.31. The highest BCUT2D eigenvalue weighted by atomic mass is 15.2. The quantitative estimate of drug-likeness (QED) is 0.775. The Morgan fingerprint density at radius 2 is 2.05 bits per heavy atom. The van der Waals surface area contributed by atoms with Crippen LogP contribution in [0.3, 0.4) is 0 Å². The molecule has 1 N–H and O–H groups in total. The molecule has 3 rings (SSSR count). The van der Waals surface area contributed by atoms with Crippen LogP contribution in [0.4, 0.5) is 5.82 Å². The first-order valence-corrected chi connectivity index (χ1v) is 6.33. The Bertz CT molecular complexity index is 689. The lowest BCUT2D eigenvalue weighted by atomic mass is 10.1. The van der Waals surface area contributed by atoms with Crippen LogP contribution in [0.25, 0.3) is 5.65 Å². The molecule has 0 amide bonds. The normalized spacial score (nSPS) is 10.8. The minimum absolute atomic E-state index is 0.740. The highest BCUT2D eigenvalue weighted by molar-refractivity contribution is 5.61. The molecule has 2 aromatic heterocycles. The molecular weight excluding hydrogens is 238 g/mol. The molecule has 0 saturated carbocycles. The van der Waals surface area contributed by atoms with Gasteiger partial charge in [0.2, 0.25) is 5.65 Å². The number of anilines is 1. The molecular formula is C14H15N5. The Labute approximate surface area is 111 Å². The first-order valence-electron chi connectivity index (χ1n) is 6.33. The largest absolute Gasteiger partial charge is 0.363 e. The predicted molar refractivity (Wildman–Crippen MR) is 73.9 cm³/mol. The molecule has 96 valence electrons. The van der Waals surface area contributed by atoms with E-state index in [1.54, 1.807) is 12.5 Å². The molecule has 0 radical (unpaired) electrons. The van der Waals surface area contributed by atoms with E-state index in [-0.39, 0.29) is 0 Å². The molecule has 0 aliphatic rings. The Kier molecular flexibility index (Phi) is 3.10. The van der Waals surface area contributed by atoms with Crippen molar-refractivity contribution in [2.45, 2.75) is 19.9 Å². The standard InChI is InChI=1S/C14H15N5/c1-2-11-5-3-4-6-12(11)9-16-13-14-18-17-10-19(14)8-7-15-13/h3-8,10H,2,9H2,1H3,(H,15,16). The summed E-state index contributed by atoms with van der Waals surface area (Å²) in [6, 6.07) is 8.42. The number of fused-ring (bicyclic) bond motifs is 1. The monoisotopic (exact) mass is 253 g/mol. The molecule has 5 heteroatoms. The fraction of sp³-hybridized carbons (Fsp3) is 0.214. The lowest BCUT2D eigenvalue weighted by Crippen LogP contribution is -2.05. The molecule has 0 saturated heterocycles. The van der Waals surface area contributed by atoms with E-state index in [0.717, 1.165) is 24.4 Å². The minimum Gasteiger partial charge on any atom is -0.363 e. The van der Waals surface area contributed by atoms with Crippen molar-refractivity contribution in [1.82, 2.24) is 19.6 Å². The van der Waals surface area contributed by atoms with Gasteiger partial charge in [-0.15, -0.1) is 10.2 Å². The number of hydrogen-bond acceptors (Lipinski definition) is 4. The second kappa shape index (κ2) is 5.06. The maximum absolute atomic E-state index is 4.32. The van der Waals surface area contributed by atoms with Gasteiger partial charge in [0.1, 0.15) is 6.33 Å². The van der Waals surface area contributed by atoms with Crippen molar-refractivity contribution in [3.63, 3.8) is 0 Å².